The Morgan fingerprint density at radius 2 is 2.00 bits per heavy atom. The molecule has 1 amide bonds. The van der Waals surface area contributed by atoms with E-state index in [4.69, 9.17) is 11.6 Å². The highest BCUT2D eigenvalue weighted by Crippen LogP contribution is 2.24. The van der Waals surface area contributed by atoms with Gasteiger partial charge in [-0.25, -0.2) is 4.98 Å². The van der Waals surface area contributed by atoms with E-state index in [1.165, 1.54) is 11.8 Å². The lowest BCUT2D eigenvalue weighted by Crippen LogP contribution is -2.15. The average Bonchev–Trinajstić information content (AvgIpc) is 2.41. The Labute approximate surface area is 142 Å². The van der Waals surface area contributed by atoms with Crippen LogP contribution in [0.4, 0.5) is 5.82 Å². The third-order valence-electron chi connectivity index (χ3n) is 2.25. The topological polar surface area (TPSA) is 42.0 Å². The predicted octanol–water partition coefficient (Wildman–Crippen LogP) is 4.99. The Hall–Kier alpha value is -0.560. The van der Waals surface area contributed by atoms with E-state index in [0.717, 1.165) is 13.8 Å². The van der Waals surface area contributed by atoms with Crippen LogP contribution in [0, 0.1) is 0 Å². The Balaban J connectivity index is 1.90. The largest absolute Gasteiger partial charge is 0.309 e. The number of hydrogen-bond donors (Lipinski definition) is 1. The fraction of sp³-hybridized carbons (Fsp3) is 0.0769. The maximum atomic E-state index is 11.9. The zero-order valence-electron chi connectivity index (χ0n) is 10.1. The molecule has 1 N–H and O–H groups in total. The van der Waals surface area contributed by atoms with Crippen LogP contribution in [0.5, 0.6) is 0 Å². The molecule has 2 rings (SSSR count). The molecule has 0 atom stereocenters. The molecule has 0 spiro atoms. The van der Waals surface area contributed by atoms with Crippen molar-refractivity contribution in [2.24, 2.45) is 0 Å². The van der Waals surface area contributed by atoms with Gasteiger partial charge in [0, 0.05) is 20.6 Å². The fourth-order valence-corrected chi connectivity index (χ4v) is 3.27. The van der Waals surface area contributed by atoms with E-state index in [-0.39, 0.29) is 5.91 Å². The van der Waals surface area contributed by atoms with Crippen molar-refractivity contribution in [1.29, 1.82) is 0 Å². The number of halogens is 3. The summed E-state index contributed by atoms with van der Waals surface area (Å²) in [6.07, 6.45) is 1.63. The number of benzene rings is 1. The van der Waals surface area contributed by atoms with Crippen LogP contribution in [0.15, 0.2) is 50.4 Å². The van der Waals surface area contributed by atoms with E-state index in [2.05, 4.69) is 42.2 Å². The van der Waals surface area contributed by atoms with Crippen molar-refractivity contribution in [3.63, 3.8) is 0 Å². The van der Waals surface area contributed by atoms with Crippen molar-refractivity contribution in [1.82, 2.24) is 4.98 Å². The summed E-state index contributed by atoms with van der Waals surface area (Å²) in [7, 11) is 0. The zero-order chi connectivity index (χ0) is 14.5. The molecule has 1 aromatic carbocycles. The van der Waals surface area contributed by atoms with E-state index >= 15 is 0 Å². The highest BCUT2D eigenvalue weighted by Gasteiger charge is 2.08. The molecule has 0 aliphatic rings. The van der Waals surface area contributed by atoms with Crippen LogP contribution >= 0.6 is 55.2 Å². The van der Waals surface area contributed by atoms with Gasteiger partial charge in [-0.15, -0.1) is 11.8 Å². The molecule has 0 aliphatic heterocycles. The van der Waals surface area contributed by atoms with E-state index in [0.29, 0.717) is 16.6 Å². The van der Waals surface area contributed by atoms with Gasteiger partial charge >= 0.3 is 0 Å². The first kappa shape index (κ1) is 15.8. The standard InChI is InChI=1S/C13H9Br2ClN2OS/c14-8-5-11(15)13(17-6-8)18-12(19)7-20-10-3-1-9(16)2-4-10/h1-6H,7H2,(H,17,18,19). The molecule has 7 heteroatoms. The molecular formula is C13H9Br2ClN2OS. The average molecular weight is 437 g/mol. The van der Waals surface area contributed by atoms with Crippen LogP contribution in [0.2, 0.25) is 5.02 Å². The molecule has 0 saturated heterocycles. The van der Waals surface area contributed by atoms with Crippen LogP contribution in [0.25, 0.3) is 0 Å². The van der Waals surface area contributed by atoms with Crippen molar-refractivity contribution >= 4 is 66.9 Å². The van der Waals surface area contributed by atoms with Crippen LogP contribution in [-0.4, -0.2) is 16.6 Å². The van der Waals surface area contributed by atoms with E-state index in [1.54, 1.807) is 18.3 Å². The second-order valence-corrected chi connectivity index (χ2v) is 7.03. The Morgan fingerprint density at radius 1 is 1.30 bits per heavy atom. The molecule has 2 aromatic rings. The summed E-state index contributed by atoms with van der Waals surface area (Å²) in [6, 6.07) is 9.19. The van der Waals surface area contributed by atoms with Gasteiger partial charge in [0.25, 0.3) is 0 Å². The van der Waals surface area contributed by atoms with Gasteiger partial charge in [0.1, 0.15) is 5.82 Å². The van der Waals surface area contributed by atoms with Gasteiger partial charge in [-0.3, -0.25) is 4.79 Å². The van der Waals surface area contributed by atoms with Crippen LogP contribution in [0.1, 0.15) is 0 Å². The van der Waals surface area contributed by atoms with Crippen LogP contribution in [0.3, 0.4) is 0 Å². The van der Waals surface area contributed by atoms with Crippen molar-refractivity contribution in [2.75, 3.05) is 11.1 Å². The summed E-state index contributed by atoms with van der Waals surface area (Å²) in [5.74, 6) is 0.710. The summed E-state index contributed by atoms with van der Waals surface area (Å²) >= 11 is 13.9. The third kappa shape index (κ3) is 4.77. The van der Waals surface area contributed by atoms with Crippen LogP contribution < -0.4 is 5.32 Å². The highest BCUT2D eigenvalue weighted by molar-refractivity contribution is 9.11. The molecule has 0 unspecified atom stereocenters. The number of rotatable bonds is 4. The number of pyridine rings is 1. The minimum atomic E-state index is -0.111. The van der Waals surface area contributed by atoms with Gasteiger partial charge in [0.15, 0.2) is 0 Å². The molecule has 3 nitrogen and oxygen atoms in total. The molecule has 0 aliphatic carbocycles. The van der Waals surface area contributed by atoms with Gasteiger partial charge in [-0.2, -0.15) is 0 Å². The van der Waals surface area contributed by atoms with Crippen molar-refractivity contribution in [3.8, 4) is 0 Å². The summed E-state index contributed by atoms with van der Waals surface area (Å²) in [5, 5.41) is 3.44. The van der Waals surface area contributed by atoms with E-state index < -0.39 is 0 Å². The zero-order valence-corrected chi connectivity index (χ0v) is 14.8. The Bertz CT molecular complexity index is 622. The number of aromatic nitrogens is 1. The lowest BCUT2D eigenvalue weighted by molar-refractivity contribution is -0.113. The maximum Gasteiger partial charge on any atom is 0.235 e. The Kier molecular flexibility index (Phi) is 5.89. The molecule has 0 fully saturated rings. The lowest BCUT2D eigenvalue weighted by atomic mass is 10.4. The summed E-state index contributed by atoms with van der Waals surface area (Å²) < 4.78 is 1.58. The fourth-order valence-electron chi connectivity index (χ4n) is 1.35. The Morgan fingerprint density at radius 3 is 2.65 bits per heavy atom. The number of anilines is 1. The predicted molar refractivity (Wildman–Crippen MR) is 90.4 cm³/mol. The van der Waals surface area contributed by atoms with Crippen LogP contribution in [-0.2, 0) is 4.79 Å². The van der Waals surface area contributed by atoms with Gasteiger partial charge in [-0.05, 0) is 62.2 Å². The smallest absolute Gasteiger partial charge is 0.235 e. The van der Waals surface area contributed by atoms with Gasteiger partial charge in [0.05, 0.1) is 10.2 Å². The summed E-state index contributed by atoms with van der Waals surface area (Å²) in [4.78, 5) is 17.0. The first-order chi connectivity index (χ1) is 9.54. The quantitative estimate of drug-likeness (QED) is 0.687. The first-order valence-corrected chi connectivity index (χ1v) is 8.49. The monoisotopic (exact) mass is 434 g/mol. The van der Waals surface area contributed by atoms with Gasteiger partial charge < -0.3 is 5.32 Å². The second kappa shape index (κ2) is 7.45. The van der Waals surface area contributed by atoms with E-state index in [1.807, 2.05) is 18.2 Å². The number of hydrogen-bond acceptors (Lipinski definition) is 3. The molecule has 0 bridgehead atoms. The van der Waals surface area contributed by atoms with E-state index in [9.17, 15) is 4.79 Å². The number of carbonyl (C=O) groups is 1. The molecular weight excluding hydrogens is 427 g/mol. The number of carbonyl (C=O) groups excluding carboxylic acids is 1. The first-order valence-electron chi connectivity index (χ1n) is 5.54. The van der Waals surface area contributed by atoms with Crippen molar-refractivity contribution in [3.05, 3.63) is 50.5 Å². The minimum Gasteiger partial charge on any atom is -0.309 e. The van der Waals surface area contributed by atoms with Crippen molar-refractivity contribution in [2.45, 2.75) is 4.90 Å². The summed E-state index contributed by atoms with van der Waals surface area (Å²) in [5.41, 5.74) is 0. The number of thioether (sulfide) groups is 1. The minimum absolute atomic E-state index is 0.111. The molecule has 20 heavy (non-hydrogen) atoms. The molecule has 1 aromatic heterocycles. The number of nitrogens with zero attached hydrogens (tertiary/aromatic N) is 1. The lowest BCUT2D eigenvalue weighted by Gasteiger charge is -2.06. The van der Waals surface area contributed by atoms with Gasteiger partial charge in [0.2, 0.25) is 5.91 Å². The maximum absolute atomic E-state index is 11.9. The SMILES string of the molecule is O=C(CSc1ccc(Cl)cc1)Nc1ncc(Br)cc1Br. The molecule has 1 heterocycles. The normalized spacial score (nSPS) is 10.3. The molecule has 0 saturated carbocycles. The highest BCUT2D eigenvalue weighted by atomic mass is 79.9. The second-order valence-electron chi connectivity index (χ2n) is 3.77. The van der Waals surface area contributed by atoms with Crippen molar-refractivity contribution < 1.29 is 4.79 Å². The molecule has 0 radical (unpaired) electrons. The number of amides is 1. The number of nitrogens with one attached hydrogen (secondary N) is 1. The third-order valence-corrected chi connectivity index (χ3v) is 4.55. The summed E-state index contributed by atoms with van der Waals surface area (Å²) in [6.45, 7) is 0. The molecule has 104 valence electrons. The van der Waals surface area contributed by atoms with Gasteiger partial charge in [-0.1, -0.05) is 11.6 Å².